The first-order chi connectivity index (χ1) is 11.6. The van der Waals surface area contributed by atoms with Gasteiger partial charge in [-0.1, -0.05) is 23.7 Å². The van der Waals surface area contributed by atoms with Gasteiger partial charge >= 0.3 is 0 Å². The Balaban J connectivity index is 2.10. The molecule has 0 saturated heterocycles. The van der Waals surface area contributed by atoms with Gasteiger partial charge in [0, 0.05) is 22.5 Å². The molecule has 1 heterocycles. The minimum atomic E-state index is -0.232. The molecule has 0 saturated carbocycles. The van der Waals surface area contributed by atoms with Crippen LogP contribution in [-0.4, -0.2) is 10.5 Å². The largest absolute Gasteiger partial charge is 0.337 e. The molecule has 1 amide bonds. The summed E-state index contributed by atoms with van der Waals surface area (Å²) >= 11 is 6.10. The fourth-order valence-electron chi connectivity index (χ4n) is 2.99. The summed E-state index contributed by atoms with van der Waals surface area (Å²) in [5.74, 6) is -0.232. The molecule has 0 fully saturated rings. The quantitative estimate of drug-likeness (QED) is 0.750. The van der Waals surface area contributed by atoms with Gasteiger partial charge in [-0.2, -0.15) is 5.26 Å². The van der Waals surface area contributed by atoms with Gasteiger partial charge in [0.05, 0.1) is 11.3 Å². The lowest BCUT2D eigenvalue weighted by Crippen LogP contribution is -2.18. The van der Waals surface area contributed by atoms with Gasteiger partial charge in [-0.25, -0.2) is 0 Å². The van der Waals surface area contributed by atoms with Crippen LogP contribution in [0.1, 0.15) is 28.5 Å². The lowest BCUT2D eigenvalue weighted by atomic mass is 10.1. The van der Waals surface area contributed by atoms with Gasteiger partial charge in [0.25, 0.3) is 5.91 Å². The van der Waals surface area contributed by atoms with E-state index in [4.69, 9.17) is 11.6 Å². The van der Waals surface area contributed by atoms with Crippen molar-refractivity contribution in [2.24, 2.45) is 0 Å². The molecule has 3 rings (SSSR count). The fraction of sp³-hybridized carbons (Fsp3) is 0.158. The van der Waals surface area contributed by atoms with E-state index in [1.807, 2.05) is 36.6 Å². The van der Waals surface area contributed by atoms with Crippen molar-refractivity contribution in [2.75, 3.05) is 5.32 Å². The number of hydrogen-bond donors (Lipinski definition) is 1. The van der Waals surface area contributed by atoms with Gasteiger partial charge < -0.3 is 9.88 Å². The van der Waals surface area contributed by atoms with Crippen LogP contribution in [0.25, 0.3) is 10.9 Å². The van der Waals surface area contributed by atoms with Crippen LogP contribution in [-0.2, 0) is 6.54 Å². The number of nitrogens with zero attached hydrogens (tertiary/aromatic N) is 2. The molecule has 2 aromatic carbocycles. The Morgan fingerprint density at radius 2 is 2.04 bits per heavy atom. The van der Waals surface area contributed by atoms with Crippen LogP contribution in [0.4, 0.5) is 5.69 Å². The molecule has 0 spiro atoms. The molecular weight excluding hydrogens is 322 g/mol. The zero-order chi connectivity index (χ0) is 17.3. The second-order valence-corrected chi connectivity index (χ2v) is 5.93. The molecule has 0 unspecified atom stereocenters. The monoisotopic (exact) mass is 337 g/mol. The number of aryl methyl sites for hydroxylation is 2. The molecule has 0 radical (unpaired) electrons. The summed E-state index contributed by atoms with van der Waals surface area (Å²) in [6.07, 6.45) is 0. The highest BCUT2D eigenvalue weighted by atomic mass is 35.5. The molecule has 4 nitrogen and oxygen atoms in total. The fourth-order valence-corrected chi connectivity index (χ4v) is 3.16. The summed E-state index contributed by atoms with van der Waals surface area (Å²) in [6, 6.07) is 14.7. The summed E-state index contributed by atoms with van der Waals surface area (Å²) in [5, 5.41) is 13.6. The number of carbonyl (C=O) groups is 1. The molecule has 3 aromatic rings. The number of hydrogen-bond acceptors (Lipinski definition) is 2. The van der Waals surface area contributed by atoms with Gasteiger partial charge in [-0.15, -0.1) is 0 Å². The average molecular weight is 338 g/mol. The molecular formula is C19H16ClN3O. The minimum absolute atomic E-state index is 0.232. The number of amides is 1. The first-order valence-corrected chi connectivity index (χ1v) is 8.03. The van der Waals surface area contributed by atoms with Gasteiger partial charge in [0.15, 0.2) is 0 Å². The number of rotatable bonds is 3. The number of carbonyl (C=O) groups excluding carboxylic acids is 1. The van der Waals surface area contributed by atoms with E-state index >= 15 is 0 Å². The standard InChI is InChI=1S/C19H16ClN3O/c1-3-23-17-9-8-14(20)10-15(17)12(2)18(23)19(24)22-16-7-5-4-6-13(16)11-21/h4-10H,3H2,1-2H3,(H,22,24). The molecule has 5 heteroatoms. The highest BCUT2D eigenvalue weighted by molar-refractivity contribution is 6.31. The highest BCUT2D eigenvalue weighted by Crippen LogP contribution is 2.29. The van der Waals surface area contributed by atoms with Gasteiger partial charge in [-0.05, 0) is 49.7 Å². The van der Waals surface area contributed by atoms with Crippen LogP contribution in [0.2, 0.25) is 5.02 Å². The molecule has 24 heavy (non-hydrogen) atoms. The lowest BCUT2D eigenvalue weighted by Gasteiger charge is -2.10. The first kappa shape index (κ1) is 16.1. The van der Waals surface area contributed by atoms with E-state index < -0.39 is 0 Å². The summed E-state index contributed by atoms with van der Waals surface area (Å²) in [4.78, 5) is 12.9. The minimum Gasteiger partial charge on any atom is -0.337 e. The van der Waals surface area contributed by atoms with Crippen LogP contribution in [0.3, 0.4) is 0 Å². The summed E-state index contributed by atoms with van der Waals surface area (Å²) in [7, 11) is 0. The van der Waals surface area contributed by atoms with Crippen molar-refractivity contribution in [1.29, 1.82) is 5.26 Å². The van der Waals surface area contributed by atoms with Crippen molar-refractivity contribution in [2.45, 2.75) is 20.4 Å². The van der Waals surface area contributed by atoms with E-state index in [1.165, 1.54) is 0 Å². The smallest absolute Gasteiger partial charge is 0.272 e. The second kappa shape index (κ2) is 6.38. The predicted molar refractivity (Wildman–Crippen MR) is 96.5 cm³/mol. The molecule has 1 N–H and O–H groups in total. The average Bonchev–Trinajstić information content (AvgIpc) is 2.87. The van der Waals surface area contributed by atoms with E-state index in [2.05, 4.69) is 11.4 Å². The van der Waals surface area contributed by atoms with Crippen molar-refractivity contribution >= 4 is 34.1 Å². The first-order valence-electron chi connectivity index (χ1n) is 7.65. The third-order valence-corrected chi connectivity index (χ3v) is 4.34. The maximum atomic E-state index is 12.9. The number of fused-ring (bicyclic) bond motifs is 1. The van der Waals surface area contributed by atoms with E-state index in [1.54, 1.807) is 24.3 Å². The van der Waals surface area contributed by atoms with Crippen LogP contribution < -0.4 is 5.32 Å². The van der Waals surface area contributed by atoms with Gasteiger partial charge in [0.1, 0.15) is 11.8 Å². The number of nitriles is 1. The summed E-state index contributed by atoms with van der Waals surface area (Å²) in [6.45, 7) is 4.57. The highest BCUT2D eigenvalue weighted by Gasteiger charge is 2.20. The maximum absolute atomic E-state index is 12.9. The Bertz CT molecular complexity index is 982. The zero-order valence-corrected chi connectivity index (χ0v) is 14.2. The van der Waals surface area contributed by atoms with Crippen LogP contribution in [0, 0.1) is 18.3 Å². The molecule has 1 aromatic heterocycles. The van der Waals surface area contributed by atoms with Crippen molar-refractivity contribution in [3.8, 4) is 6.07 Å². The molecule has 0 aliphatic heterocycles. The van der Waals surface area contributed by atoms with Crippen molar-refractivity contribution in [1.82, 2.24) is 4.57 Å². The van der Waals surface area contributed by atoms with Crippen LogP contribution >= 0.6 is 11.6 Å². The Morgan fingerprint density at radius 3 is 2.75 bits per heavy atom. The van der Waals surface area contributed by atoms with E-state index in [0.29, 0.717) is 28.5 Å². The normalized spacial score (nSPS) is 10.6. The molecule has 0 bridgehead atoms. The Hall–Kier alpha value is -2.77. The zero-order valence-electron chi connectivity index (χ0n) is 13.4. The number of anilines is 1. The van der Waals surface area contributed by atoms with Gasteiger partial charge in [0.2, 0.25) is 0 Å². The number of nitrogens with one attached hydrogen (secondary N) is 1. The second-order valence-electron chi connectivity index (χ2n) is 5.49. The van der Waals surface area contributed by atoms with Gasteiger partial charge in [-0.3, -0.25) is 4.79 Å². The van der Waals surface area contributed by atoms with E-state index in [0.717, 1.165) is 16.5 Å². The SMILES string of the molecule is CCn1c(C(=O)Nc2ccccc2C#N)c(C)c2cc(Cl)ccc21. The topological polar surface area (TPSA) is 57.8 Å². The number of benzene rings is 2. The van der Waals surface area contributed by atoms with Crippen molar-refractivity contribution in [3.63, 3.8) is 0 Å². The lowest BCUT2D eigenvalue weighted by molar-refractivity contribution is 0.101. The third-order valence-electron chi connectivity index (χ3n) is 4.11. The number of para-hydroxylation sites is 1. The molecule has 0 aliphatic rings. The number of halogens is 1. The molecule has 120 valence electrons. The maximum Gasteiger partial charge on any atom is 0.272 e. The van der Waals surface area contributed by atoms with Crippen LogP contribution in [0.15, 0.2) is 42.5 Å². The summed E-state index contributed by atoms with van der Waals surface area (Å²) < 4.78 is 1.96. The van der Waals surface area contributed by atoms with Crippen molar-refractivity contribution in [3.05, 3.63) is 64.3 Å². The molecule has 0 atom stereocenters. The Kier molecular flexibility index (Phi) is 4.28. The molecule has 0 aliphatic carbocycles. The third kappa shape index (κ3) is 2.64. The Morgan fingerprint density at radius 1 is 1.29 bits per heavy atom. The van der Waals surface area contributed by atoms with Crippen LogP contribution in [0.5, 0.6) is 0 Å². The summed E-state index contributed by atoms with van der Waals surface area (Å²) in [5.41, 5.74) is 3.38. The predicted octanol–water partition coefficient (Wildman–Crippen LogP) is 4.75. The van der Waals surface area contributed by atoms with Crippen molar-refractivity contribution < 1.29 is 4.79 Å². The Labute approximate surface area is 145 Å². The van der Waals surface area contributed by atoms with E-state index in [-0.39, 0.29) is 5.91 Å². The number of aromatic nitrogens is 1. The van der Waals surface area contributed by atoms with E-state index in [9.17, 15) is 10.1 Å².